The topological polar surface area (TPSA) is 45.8 Å². The van der Waals surface area contributed by atoms with E-state index in [4.69, 9.17) is 6.63 Å². The maximum absolute atomic E-state index is 11.1. The van der Waals surface area contributed by atoms with Crippen molar-refractivity contribution in [3.05, 3.63) is 23.0 Å². The quantitative estimate of drug-likeness (QED) is 0.587. The van der Waals surface area contributed by atoms with Crippen molar-refractivity contribution in [2.75, 3.05) is 0 Å². The minimum absolute atomic E-state index is 0.0258. The zero-order valence-corrected chi connectivity index (χ0v) is 7.09. The molecule has 3 nitrogen and oxygen atoms in total. The van der Waals surface area contributed by atoms with Crippen LogP contribution in [-0.4, -0.2) is 10.4 Å². The Bertz CT molecular complexity index is 387. The van der Waals surface area contributed by atoms with E-state index in [1.807, 2.05) is 6.07 Å². The molecule has 1 heterocycles. The number of aromatic nitrogens is 1. The van der Waals surface area contributed by atoms with Gasteiger partial charge in [0.25, 0.3) is 0 Å². The first-order valence-corrected chi connectivity index (χ1v) is 3.52. The van der Waals surface area contributed by atoms with Crippen LogP contribution in [0.15, 0.2) is 6.07 Å². The Labute approximate surface area is 72.6 Å². The zero-order valence-electron chi connectivity index (χ0n) is 8.09. The minimum Gasteiger partial charge on any atom is -0.339 e. The molecule has 0 saturated carbocycles. The first kappa shape index (κ1) is 7.11. The molecule has 0 aliphatic heterocycles. The first-order chi connectivity index (χ1) is 6.11. The lowest BCUT2D eigenvalue weighted by Crippen LogP contribution is -1.97. The number of ketones is 1. The van der Waals surface area contributed by atoms with Crippen LogP contribution >= 0.6 is 0 Å². The molecule has 3 heteroatoms. The van der Waals surface area contributed by atoms with Gasteiger partial charge in [0.2, 0.25) is 0 Å². The lowest BCUT2D eigenvalue weighted by atomic mass is 10.2. The maximum atomic E-state index is 11.1. The summed E-state index contributed by atoms with van der Waals surface area (Å²) in [6.45, 7) is 3.20. The van der Waals surface area contributed by atoms with Crippen LogP contribution in [0, 0.1) is 18.3 Å². The van der Waals surface area contributed by atoms with Crippen molar-refractivity contribution in [1.82, 2.24) is 4.57 Å². The van der Waals surface area contributed by atoms with E-state index in [-0.39, 0.29) is 12.8 Å². The Morgan fingerprint density at radius 3 is 2.83 bits per heavy atom. The average Bonchev–Trinajstić information content (AvgIpc) is 2.41. The molecule has 0 spiro atoms. The number of nitriles is 1. The van der Waals surface area contributed by atoms with Gasteiger partial charge < -0.3 is 4.57 Å². The van der Waals surface area contributed by atoms with Gasteiger partial charge in [-0.25, -0.2) is 0 Å². The fourth-order valence-electron chi connectivity index (χ4n) is 1.09. The Morgan fingerprint density at radius 1 is 1.83 bits per heavy atom. The summed E-state index contributed by atoms with van der Waals surface area (Å²) in [5.74, 6) is -0.0683. The van der Waals surface area contributed by atoms with Gasteiger partial charge in [0.05, 0.1) is 0 Å². The summed E-state index contributed by atoms with van der Waals surface area (Å²) in [4.78, 5) is 11.1. The number of carbonyl (C=O) groups is 1. The summed E-state index contributed by atoms with van der Waals surface area (Å²) in [6.07, 6.45) is 0. The smallest absolute Gasteiger partial charge is 0.161 e. The van der Waals surface area contributed by atoms with Crippen LogP contribution in [0.5, 0.6) is 0 Å². The molecule has 0 aliphatic rings. The van der Waals surface area contributed by atoms with Crippen molar-refractivity contribution in [2.45, 2.75) is 13.8 Å². The first-order valence-electron chi connectivity index (χ1n) is 4.23. The van der Waals surface area contributed by atoms with E-state index in [1.165, 1.54) is 17.6 Å². The van der Waals surface area contributed by atoms with Crippen molar-refractivity contribution < 1.29 is 6.17 Å². The fourth-order valence-corrected chi connectivity index (χ4v) is 1.09. The highest BCUT2D eigenvalue weighted by Crippen LogP contribution is 2.13. The van der Waals surface area contributed by atoms with E-state index in [2.05, 4.69) is 0 Å². The zero-order chi connectivity index (χ0) is 10.0. The Hall–Kier alpha value is -1.56. The van der Waals surface area contributed by atoms with Gasteiger partial charge in [0, 0.05) is 19.7 Å². The molecule has 0 amide bonds. The van der Waals surface area contributed by atoms with Gasteiger partial charge in [-0.3, -0.25) is 4.79 Å². The molecule has 0 unspecified atom stereocenters. The van der Waals surface area contributed by atoms with Crippen LogP contribution in [0.2, 0.25) is 0 Å². The largest absolute Gasteiger partial charge is 0.339 e. The SMILES string of the molecule is [2H]Cn1c(C#N)cc(C(C)=O)c1C. The highest BCUT2D eigenvalue weighted by atomic mass is 16.1. The van der Waals surface area contributed by atoms with Gasteiger partial charge in [-0.1, -0.05) is 0 Å². The molecule has 1 rings (SSSR count). The molecule has 1 aromatic heterocycles. The molecule has 0 fully saturated rings. The molecular weight excluding hydrogens is 152 g/mol. The fraction of sp³-hybridized carbons (Fsp3) is 0.333. The van der Waals surface area contributed by atoms with Crippen LogP contribution in [0.1, 0.15) is 30.0 Å². The number of carbonyl (C=O) groups excluding carboxylic acids is 1. The maximum Gasteiger partial charge on any atom is 0.161 e. The van der Waals surface area contributed by atoms with Crippen molar-refractivity contribution in [1.29, 1.82) is 5.26 Å². The highest BCUT2D eigenvalue weighted by molar-refractivity contribution is 5.95. The van der Waals surface area contributed by atoms with E-state index in [0.29, 0.717) is 17.0 Å². The van der Waals surface area contributed by atoms with E-state index < -0.39 is 0 Å². The third-order valence-corrected chi connectivity index (χ3v) is 1.86. The molecule has 1 aromatic rings. The summed E-state index contributed by atoms with van der Waals surface area (Å²) in [6, 6.07) is 3.49. The summed E-state index contributed by atoms with van der Waals surface area (Å²) >= 11 is 0. The summed E-state index contributed by atoms with van der Waals surface area (Å²) in [5.41, 5.74) is 1.60. The second-order valence-electron chi connectivity index (χ2n) is 2.62. The van der Waals surface area contributed by atoms with Crippen molar-refractivity contribution in [3.63, 3.8) is 0 Å². The molecule has 0 atom stereocenters. The van der Waals surface area contributed by atoms with Crippen molar-refractivity contribution in [2.24, 2.45) is 7.02 Å². The summed E-state index contributed by atoms with van der Waals surface area (Å²) in [5, 5.41) is 8.70. The predicted octanol–water partition coefficient (Wildman–Crippen LogP) is 1.41. The van der Waals surface area contributed by atoms with Gasteiger partial charge in [0.15, 0.2) is 5.78 Å². The van der Waals surface area contributed by atoms with E-state index in [9.17, 15) is 4.79 Å². The molecule has 0 aromatic carbocycles. The molecule has 0 radical (unpaired) electrons. The van der Waals surface area contributed by atoms with Crippen LogP contribution in [0.3, 0.4) is 0 Å². The summed E-state index contributed by atoms with van der Waals surface area (Å²) < 4.78 is 8.69. The van der Waals surface area contributed by atoms with Crippen molar-refractivity contribution in [3.8, 4) is 6.07 Å². The van der Waals surface area contributed by atoms with Crippen LogP contribution in [0.25, 0.3) is 0 Å². The lowest BCUT2D eigenvalue weighted by molar-refractivity contribution is 0.101. The molecule has 12 heavy (non-hydrogen) atoms. The van der Waals surface area contributed by atoms with Crippen LogP contribution < -0.4 is 0 Å². The molecule has 0 N–H and O–H groups in total. The Morgan fingerprint density at radius 2 is 2.50 bits per heavy atom. The Kier molecular flexibility index (Phi) is 1.67. The van der Waals surface area contributed by atoms with Crippen LogP contribution in [0.4, 0.5) is 0 Å². The molecule has 0 aliphatic carbocycles. The van der Waals surface area contributed by atoms with Crippen LogP contribution in [-0.2, 0) is 7.02 Å². The number of hydrogen-bond donors (Lipinski definition) is 0. The number of rotatable bonds is 1. The van der Waals surface area contributed by atoms with E-state index >= 15 is 0 Å². The highest BCUT2D eigenvalue weighted by Gasteiger charge is 2.11. The lowest BCUT2D eigenvalue weighted by Gasteiger charge is -1.97. The third kappa shape index (κ3) is 1.12. The van der Waals surface area contributed by atoms with E-state index in [1.54, 1.807) is 6.92 Å². The number of hydrogen-bond acceptors (Lipinski definition) is 2. The normalized spacial score (nSPS) is 10.6. The predicted molar refractivity (Wildman–Crippen MR) is 44.9 cm³/mol. The molecular formula is C9H10N2O. The van der Waals surface area contributed by atoms with Gasteiger partial charge in [-0.05, 0) is 19.9 Å². The standard InChI is InChI=1S/C9H10N2O/c1-6-9(7(2)12)4-8(5-10)11(6)3/h4H,1-3H3/i3D. The molecule has 0 bridgehead atoms. The van der Waals surface area contributed by atoms with E-state index in [0.717, 1.165) is 0 Å². The van der Waals surface area contributed by atoms with Gasteiger partial charge in [0.1, 0.15) is 11.8 Å². The second kappa shape index (κ2) is 2.82. The van der Waals surface area contributed by atoms with Gasteiger partial charge in [-0.15, -0.1) is 0 Å². The summed E-state index contributed by atoms with van der Waals surface area (Å²) in [7, 11) is -0.0258. The Balaban J connectivity index is 3.37. The monoisotopic (exact) mass is 163 g/mol. The van der Waals surface area contributed by atoms with Crippen molar-refractivity contribution >= 4 is 5.78 Å². The van der Waals surface area contributed by atoms with Gasteiger partial charge >= 0.3 is 0 Å². The number of Topliss-reactive ketones (excluding diaryl/α,β-unsaturated/α-hetero) is 1. The number of nitrogens with zero attached hydrogens (tertiary/aromatic N) is 2. The third-order valence-electron chi connectivity index (χ3n) is 1.86. The average molecular weight is 163 g/mol. The molecule has 0 saturated heterocycles. The minimum atomic E-state index is -0.0683. The van der Waals surface area contributed by atoms with Gasteiger partial charge in [-0.2, -0.15) is 5.26 Å². The molecule has 62 valence electrons. The second-order valence-corrected chi connectivity index (χ2v) is 2.62.